The lowest BCUT2D eigenvalue weighted by Gasteiger charge is -2.27. The maximum atomic E-state index is 3.86. The van der Waals surface area contributed by atoms with Gasteiger partial charge in [-0.05, 0) is 56.6 Å². The third-order valence-corrected chi connectivity index (χ3v) is 4.78. The Morgan fingerprint density at radius 1 is 1.19 bits per heavy atom. The highest BCUT2D eigenvalue weighted by Crippen LogP contribution is 2.35. The Morgan fingerprint density at radius 3 is 2.81 bits per heavy atom. The van der Waals surface area contributed by atoms with Gasteiger partial charge in [0.05, 0.1) is 0 Å². The van der Waals surface area contributed by atoms with E-state index in [-0.39, 0.29) is 0 Å². The summed E-state index contributed by atoms with van der Waals surface area (Å²) in [6.45, 7) is 6.95. The number of rotatable bonds is 5. The molecule has 3 rings (SSSR count). The first-order valence-electron chi connectivity index (χ1n) is 8.50. The van der Waals surface area contributed by atoms with Gasteiger partial charge in [-0.25, -0.2) is 0 Å². The van der Waals surface area contributed by atoms with Crippen molar-refractivity contribution in [2.45, 2.75) is 65.0 Å². The normalized spacial score (nSPS) is 19.9. The van der Waals surface area contributed by atoms with Crippen LogP contribution in [0.2, 0.25) is 0 Å². The zero-order valence-electron chi connectivity index (χ0n) is 13.6. The number of benzene rings is 1. The molecule has 0 saturated heterocycles. The van der Waals surface area contributed by atoms with E-state index in [1.54, 1.807) is 5.56 Å². The Kier molecular flexibility index (Phi) is 4.34. The monoisotopic (exact) mass is 284 g/mol. The molecule has 0 bridgehead atoms. The summed E-state index contributed by atoms with van der Waals surface area (Å²) in [7, 11) is 0. The van der Waals surface area contributed by atoms with E-state index in [2.05, 4.69) is 55.3 Å². The third-order valence-electron chi connectivity index (χ3n) is 4.78. The number of aromatic nitrogens is 1. The van der Waals surface area contributed by atoms with Crippen molar-refractivity contribution in [1.82, 2.24) is 10.3 Å². The molecule has 1 aromatic carbocycles. The average molecular weight is 284 g/mol. The minimum Gasteiger partial charge on any atom is -0.357 e. The minimum atomic E-state index is 0.503. The van der Waals surface area contributed by atoms with Gasteiger partial charge in [-0.3, -0.25) is 0 Å². The molecule has 2 atom stereocenters. The number of nitrogens with one attached hydrogen (secondary N) is 2. The number of H-pyrrole nitrogens is 1. The van der Waals surface area contributed by atoms with Crippen LogP contribution in [-0.2, 0) is 6.42 Å². The van der Waals surface area contributed by atoms with Gasteiger partial charge in [0.1, 0.15) is 0 Å². The smallest absolute Gasteiger partial charge is 0.0478 e. The van der Waals surface area contributed by atoms with Crippen LogP contribution < -0.4 is 5.32 Å². The van der Waals surface area contributed by atoms with E-state index in [1.807, 2.05) is 0 Å². The van der Waals surface area contributed by atoms with E-state index in [9.17, 15) is 0 Å². The molecular formula is C19H28N2. The van der Waals surface area contributed by atoms with E-state index >= 15 is 0 Å². The Hall–Kier alpha value is -1.28. The lowest BCUT2D eigenvalue weighted by molar-refractivity contribution is 0.372. The van der Waals surface area contributed by atoms with Crippen molar-refractivity contribution in [2.24, 2.45) is 5.92 Å². The Bertz CT molecular complexity index is 597. The van der Waals surface area contributed by atoms with Crippen LogP contribution in [0.25, 0.3) is 10.9 Å². The molecule has 0 amide bonds. The summed E-state index contributed by atoms with van der Waals surface area (Å²) in [6.07, 6.45) is 6.34. The van der Waals surface area contributed by atoms with Crippen molar-refractivity contribution in [3.63, 3.8) is 0 Å². The third kappa shape index (κ3) is 3.16. The highest BCUT2D eigenvalue weighted by Gasteiger charge is 2.24. The molecule has 0 spiro atoms. The van der Waals surface area contributed by atoms with Gasteiger partial charge >= 0.3 is 0 Å². The van der Waals surface area contributed by atoms with Crippen LogP contribution in [0.1, 0.15) is 63.8 Å². The van der Waals surface area contributed by atoms with Crippen LogP contribution in [-0.4, -0.2) is 11.0 Å². The van der Waals surface area contributed by atoms with Crippen LogP contribution in [0.15, 0.2) is 24.3 Å². The molecule has 1 aromatic heterocycles. The molecule has 0 radical (unpaired) electrons. The molecule has 0 fully saturated rings. The maximum Gasteiger partial charge on any atom is 0.0478 e. The zero-order valence-corrected chi connectivity index (χ0v) is 13.6. The van der Waals surface area contributed by atoms with E-state index in [1.165, 1.54) is 48.7 Å². The quantitative estimate of drug-likeness (QED) is 0.798. The molecule has 0 aliphatic heterocycles. The van der Waals surface area contributed by atoms with E-state index < -0.39 is 0 Å². The fourth-order valence-corrected chi connectivity index (χ4v) is 3.59. The zero-order chi connectivity index (χ0) is 14.8. The lowest BCUT2D eigenvalue weighted by atomic mass is 9.91. The second-order valence-electron chi connectivity index (χ2n) is 7.05. The van der Waals surface area contributed by atoms with Crippen LogP contribution >= 0.6 is 0 Å². The number of aryl methyl sites for hydroxylation is 1. The van der Waals surface area contributed by atoms with Crippen LogP contribution in [0.5, 0.6) is 0 Å². The van der Waals surface area contributed by atoms with Crippen LogP contribution in [0.3, 0.4) is 0 Å². The van der Waals surface area contributed by atoms with E-state index in [0.29, 0.717) is 12.1 Å². The summed E-state index contributed by atoms with van der Waals surface area (Å²) in [5.74, 6) is 0.796. The summed E-state index contributed by atoms with van der Waals surface area (Å²) in [4.78, 5) is 3.67. The molecule has 21 heavy (non-hydrogen) atoms. The summed E-state index contributed by atoms with van der Waals surface area (Å²) in [6, 6.07) is 9.83. The first-order valence-corrected chi connectivity index (χ1v) is 8.50. The van der Waals surface area contributed by atoms with Gasteiger partial charge in [-0.1, -0.05) is 32.0 Å². The molecule has 2 nitrogen and oxygen atoms in total. The summed E-state index contributed by atoms with van der Waals surface area (Å²) in [5, 5.41) is 5.28. The molecule has 1 aliphatic rings. The van der Waals surface area contributed by atoms with Crippen LogP contribution in [0.4, 0.5) is 0 Å². The molecule has 2 unspecified atom stereocenters. The molecule has 0 saturated carbocycles. The molecule has 2 N–H and O–H groups in total. The number of fused-ring (bicyclic) bond motifs is 3. The molecule has 114 valence electrons. The molecule has 2 heteroatoms. The number of hydrogen-bond acceptors (Lipinski definition) is 1. The highest BCUT2D eigenvalue weighted by atomic mass is 15.0. The van der Waals surface area contributed by atoms with Gasteiger partial charge in [0.15, 0.2) is 0 Å². The van der Waals surface area contributed by atoms with Gasteiger partial charge in [-0.15, -0.1) is 0 Å². The molecule has 1 heterocycles. The van der Waals surface area contributed by atoms with Crippen molar-refractivity contribution in [3.8, 4) is 0 Å². The summed E-state index contributed by atoms with van der Waals surface area (Å²) in [5.41, 5.74) is 4.29. The van der Waals surface area contributed by atoms with Crippen molar-refractivity contribution < 1.29 is 0 Å². The lowest BCUT2D eigenvalue weighted by Crippen LogP contribution is -2.33. The molecule has 1 aliphatic carbocycles. The minimum absolute atomic E-state index is 0.503. The summed E-state index contributed by atoms with van der Waals surface area (Å²) >= 11 is 0. The van der Waals surface area contributed by atoms with Crippen molar-refractivity contribution in [2.75, 3.05) is 0 Å². The van der Waals surface area contributed by atoms with Crippen molar-refractivity contribution in [3.05, 3.63) is 35.5 Å². The van der Waals surface area contributed by atoms with Crippen molar-refractivity contribution >= 4 is 10.9 Å². The topological polar surface area (TPSA) is 27.8 Å². The highest BCUT2D eigenvalue weighted by molar-refractivity contribution is 5.85. The second-order valence-corrected chi connectivity index (χ2v) is 7.05. The van der Waals surface area contributed by atoms with Crippen molar-refractivity contribution in [1.29, 1.82) is 0 Å². The Morgan fingerprint density at radius 2 is 2.00 bits per heavy atom. The average Bonchev–Trinajstić information content (AvgIpc) is 2.85. The second kappa shape index (κ2) is 6.23. The van der Waals surface area contributed by atoms with Gasteiger partial charge < -0.3 is 10.3 Å². The number of hydrogen-bond donors (Lipinski definition) is 2. The SMILES string of the molecule is CC(C)CCC(C)NC1CCCc2c1[nH]c1ccccc21. The van der Waals surface area contributed by atoms with E-state index in [0.717, 1.165) is 5.92 Å². The predicted molar refractivity (Wildman–Crippen MR) is 90.6 cm³/mol. The standard InChI is InChI=1S/C19H28N2/c1-13(2)11-12-14(3)20-18-10-6-8-16-15-7-4-5-9-17(15)21-19(16)18/h4-5,7,9,13-14,18,20-21H,6,8,10-12H2,1-3H3. The fraction of sp³-hybridized carbons (Fsp3) is 0.579. The Balaban J connectivity index is 1.77. The van der Waals surface area contributed by atoms with E-state index in [4.69, 9.17) is 0 Å². The Labute approximate surface area is 128 Å². The molecular weight excluding hydrogens is 256 g/mol. The summed E-state index contributed by atoms with van der Waals surface area (Å²) < 4.78 is 0. The maximum absolute atomic E-state index is 3.86. The first-order chi connectivity index (χ1) is 10.1. The first kappa shape index (κ1) is 14.6. The molecule has 2 aromatic rings. The fourth-order valence-electron chi connectivity index (χ4n) is 3.59. The number of para-hydroxylation sites is 1. The van der Waals surface area contributed by atoms with Gasteiger partial charge in [0, 0.05) is 28.7 Å². The van der Waals surface area contributed by atoms with Gasteiger partial charge in [-0.2, -0.15) is 0 Å². The number of aromatic amines is 1. The van der Waals surface area contributed by atoms with Crippen LogP contribution in [0, 0.1) is 5.92 Å². The predicted octanol–water partition coefficient (Wildman–Crippen LogP) is 4.96. The van der Waals surface area contributed by atoms with Gasteiger partial charge in [0.2, 0.25) is 0 Å². The largest absolute Gasteiger partial charge is 0.357 e. The van der Waals surface area contributed by atoms with Gasteiger partial charge in [0.25, 0.3) is 0 Å².